The van der Waals surface area contributed by atoms with Crippen LogP contribution < -0.4 is 25.9 Å². The Bertz CT molecular complexity index is 1440. The SMILES string of the molecule is COc1cccc(CNC(=O)Cn2c(=O)c(=O)n(Cc3ccccc3)c3ccccc32)c1OC. The Balaban J connectivity index is 1.62. The number of benzene rings is 3. The van der Waals surface area contributed by atoms with E-state index < -0.39 is 17.0 Å². The summed E-state index contributed by atoms with van der Waals surface area (Å²) in [5.74, 6) is 0.673. The van der Waals surface area contributed by atoms with Gasteiger partial charge in [-0.1, -0.05) is 54.6 Å². The third-order valence-electron chi connectivity index (χ3n) is 5.58. The first-order chi connectivity index (χ1) is 16.5. The van der Waals surface area contributed by atoms with E-state index in [4.69, 9.17) is 9.47 Å². The smallest absolute Gasteiger partial charge is 0.317 e. The van der Waals surface area contributed by atoms with Crippen molar-refractivity contribution in [2.75, 3.05) is 14.2 Å². The third-order valence-corrected chi connectivity index (χ3v) is 5.58. The van der Waals surface area contributed by atoms with Crippen molar-refractivity contribution in [2.24, 2.45) is 0 Å². The van der Waals surface area contributed by atoms with Crippen LogP contribution in [0.3, 0.4) is 0 Å². The molecule has 8 heteroatoms. The van der Waals surface area contributed by atoms with E-state index in [-0.39, 0.29) is 19.6 Å². The highest BCUT2D eigenvalue weighted by molar-refractivity contribution is 5.80. The summed E-state index contributed by atoms with van der Waals surface area (Å²) in [6, 6.07) is 21.9. The Morgan fingerprint density at radius 2 is 1.44 bits per heavy atom. The van der Waals surface area contributed by atoms with Gasteiger partial charge in [-0.15, -0.1) is 0 Å². The molecule has 34 heavy (non-hydrogen) atoms. The van der Waals surface area contributed by atoms with E-state index in [1.165, 1.54) is 23.4 Å². The number of rotatable bonds is 8. The maximum atomic E-state index is 13.0. The molecule has 174 valence electrons. The molecule has 0 aliphatic rings. The average Bonchev–Trinajstić information content (AvgIpc) is 2.88. The Kier molecular flexibility index (Phi) is 6.77. The van der Waals surface area contributed by atoms with Crippen LogP contribution in [0.25, 0.3) is 11.0 Å². The first-order valence-electron chi connectivity index (χ1n) is 10.8. The van der Waals surface area contributed by atoms with Crippen molar-refractivity contribution in [1.82, 2.24) is 14.5 Å². The van der Waals surface area contributed by atoms with Gasteiger partial charge in [0.2, 0.25) is 5.91 Å². The van der Waals surface area contributed by atoms with Gasteiger partial charge in [-0.3, -0.25) is 23.5 Å². The number of hydrogen-bond donors (Lipinski definition) is 1. The van der Waals surface area contributed by atoms with Gasteiger partial charge in [0.15, 0.2) is 11.5 Å². The van der Waals surface area contributed by atoms with Gasteiger partial charge in [-0.05, 0) is 23.8 Å². The van der Waals surface area contributed by atoms with Crippen LogP contribution in [0.5, 0.6) is 11.5 Å². The number of nitrogens with zero attached hydrogens (tertiary/aromatic N) is 2. The maximum absolute atomic E-state index is 13.0. The number of aromatic nitrogens is 2. The van der Waals surface area contributed by atoms with Gasteiger partial charge < -0.3 is 14.8 Å². The highest BCUT2D eigenvalue weighted by Gasteiger charge is 2.16. The van der Waals surface area contributed by atoms with E-state index in [2.05, 4.69) is 5.32 Å². The highest BCUT2D eigenvalue weighted by atomic mass is 16.5. The van der Waals surface area contributed by atoms with E-state index in [9.17, 15) is 14.4 Å². The minimum absolute atomic E-state index is 0.178. The van der Waals surface area contributed by atoms with Crippen LogP contribution in [0.1, 0.15) is 11.1 Å². The number of ether oxygens (including phenoxy) is 2. The first kappa shape index (κ1) is 22.8. The van der Waals surface area contributed by atoms with Crippen LogP contribution in [0.4, 0.5) is 0 Å². The van der Waals surface area contributed by atoms with Crippen LogP contribution >= 0.6 is 0 Å². The Labute approximate surface area is 196 Å². The molecule has 0 unspecified atom stereocenters. The number of carbonyl (C=O) groups excluding carboxylic acids is 1. The summed E-state index contributed by atoms with van der Waals surface area (Å²) < 4.78 is 13.4. The van der Waals surface area contributed by atoms with E-state index >= 15 is 0 Å². The van der Waals surface area contributed by atoms with E-state index in [0.717, 1.165) is 11.1 Å². The molecule has 1 amide bonds. The fourth-order valence-electron chi connectivity index (χ4n) is 3.94. The number of methoxy groups -OCH3 is 2. The van der Waals surface area contributed by atoms with Crippen molar-refractivity contribution >= 4 is 16.9 Å². The number of fused-ring (bicyclic) bond motifs is 1. The molecule has 1 heterocycles. The van der Waals surface area contributed by atoms with Crippen LogP contribution in [0.2, 0.25) is 0 Å². The summed E-state index contributed by atoms with van der Waals surface area (Å²) in [6.07, 6.45) is 0. The van der Waals surface area contributed by atoms with Gasteiger partial charge in [0, 0.05) is 12.1 Å². The van der Waals surface area contributed by atoms with Crippen molar-refractivity contribution in [3.05, 3.63) is 105 Å². The molecule has 8 nitrogen and oxygen atoms in total. The number of hydrogen-bond acceptors (Lipinski definition) is 5. The molecular formula is C26H25N3O5. The Morgan fingerprint density at radius 3 is 2.12 bits per heavy atom. The zero-order valence-electron chi connectivity index (χ0n) is 19.0. The van der Waals surface area contributed by atoms with Crippen molar-refractivity contribution in [2.45, 2.75) is 19.6 Å². The molecule has 3 aromatic carbocycles. The molecule has 0 aliphatic carbocycles. The molecule has 0 spiro atoms. The summed E-state index contributed by atoms with van der Waals surface area (Å²) in [5.41, 5.74) is 1.30. The Hall–Kier alpha value is -4.33. The zero-order chi connectivity index (χ0) is 24.1. The van der Waals surface area contributed by atoms with E-state index in [0.29, 0.717) is 22.5 Å². The molecule has 0 saturated heterocycles. The summed E-state index contributed by atoms with van der Waals surface area (Å²) in [7, 11) is 3.07. The summed E-state index contributed by atoms with van der Waals surface area (Å²) in [6.45, 7) is 0.155. The number of para-hydroxylation sites is 3. The third kappa shape index (κ3) is 4.56. The molecule has 4 aromatic rings. The monoisotopic (exact) mass is 459 g/mol. The van der Waals surface area contributed by atoms with Crippen molar-refractivity contribution in [3.8, 4) is 11.5 Å². The number of amides is 1. The normalized spacial score (nSPS) is 10.8. The molecule has 0 atom stereocenters. The lowest BCUT2D eigenvalue weighted by Crippen LogP contribution is -2.44. The van der Waals surface area contributed by atoms with Crippen LogP contribution in [-0.2, 0) is 24.4 Å². The zero-order valence-corrected chi connectivity index (χ0v) is 19.0. The van der Waals surface area contributed by atoms with Crippen LogP contribution in [0, 0.1) is 0 Å². The fourth-order valence-corrected chi connectivity index (χ4v) is 3.94. The average molecular weight is 460 g/mol. The lowest BCUT2D eigenvalue weighted by molar-refractivity contribution is -0.121. The summed E-state index contributed by atoms with van der Waals surface area (Å²) in [4.78, 5) is 38.8. The molecule has 0 saturated carbocycles. The molecule has 0 fully saturated rings. The largest absolute Gasteiger partial charge is 0.493 e. The maximum Gasteiger partial charge on any atom is 0.317 e. The molecule has 4 rings (SSSR count). The highest BCUT2D eigenvalue weighted by Crippen LogP contribution is 2.30. The number of nitrogens with one attached hydrogen (secondary N) is 1. The van der Waals surface area contributed by atoms with E-state index in [1.807, 2.05) is 36.4 Å². The molecule has 0 radical (unpaired) electrons. The quantitative estimate of drug-likeness (QED) is 0.409. The predicted octanol–water partition coefficient (Wildman–Crippen LogP) is 2.55. The fraction of sp³-hybridized carbons (Fsp3) is 0.192. The minimum atomic E-state index is -0.747. The lowest BCUT2D eigenvalue weighted by Gasteiger charge is -2.16. The second kappa shape index (κ2) is 10.1. The van der Waals surface area contributed by atoms with Gasteiger partial charge in [0.05, 0.1) is 31.8 Å². The first-order valence-corrected chi connectivity index (χ1v) is 10.8. The topological polar surface area (TPSA) is 91.6 Å². The van der Waals surface area contributed by atoms with Crippen LogP contribution in [0.15, 0.2) is 82.4 Å². The second-order valence-electron chi connectivity index (χ2n) is 7.69. The molecular weight excluding hydrogens is 434 g/mol. The van der Waals surface area contributed by atoms with Gasteiger partial charge in [-0.2, -0.15) is 0 Å². The van der Waals surface area contributed by atoms with Crippen molar-refractivity contribution < 1.29 is 14.3 Å². The molecule has 1 aromatic heterocycles. The second-order valence-corrected chi connectivity index (χ2v) is 7.69. The Morgan fingerprint density at radius 1 is 0.794 bits per heavy atom. The van der Waals surface area contributed by atoms with Gasteiger partial charge in [0.25, 0.3) is 0 Å². The summed E-state index contributed by atoms with van der Waals surface area (Å²) in [5, 5.41) is 2.80. The minimum Gasteiger partial charge on any atom is -0.493 e. The van der Waals surface area contributed by atoms with Crippen molar-refractivity contribution in [3.63, 3.8) is 0 Å². The standard InChI is InChI=1S/C26H25N3O5/c1-33-22-14-8-11-19(24(22)34-2)15-27-23(30)17-29-21-13-7-6-12-20(21)28(25(31)26(29)32)16-18-9-4-3-5-10-18/h3-14H,15-17H2,1-2H3,(H,27,30). The van der Waals surface area contributed by atoms with Gasteiger partial charge in [0.1, 0.15) is 6.54 Å². The molecule has 1 N–H and O–H groups in total. The van der Waals surface area contributed by atoms with Gasteiger partial charge >= 0.3 is 11.1 Å². The predicted molar refractivity (Wildman–Crippen MR) is 129 cm³/mol. The van der Waals surface area contributed by atoms with Gasteiger partial charge in [-0.25, -0.2) is 0 Å². The summed E-state index contributed by atoms with van der Waals surface area (Å²) >= 11 is 0. The van der Waals surface area contributed by atoms with Crippen molar-refractivity contribution in [1.29, 1.82) is 0 Å². The van der Waals surface area contributed by atoms with Crippen LogP contribution in [-0.4, -0.2) is 29.3 Å². The molecule has 0 bridgehead atoms. The number of carbonyl (C=O) groups is 1. The molecule has 0 aliphatic heterocycles. The lowest BCUT2D eigenvalue weighted by atomic mass is 10.2. The van der Waals surface area contributed by atoms with E-state index in [1.54, 1.807) is 36.4 Å².